The Balaban J connectivity index is 1.59. The molecule has 0 spiro atoms. The van der Waals surface area contributed by atoms with Gasteiger partial charge in [0.25, 0.3) is 5.91 Å². The molecule has 4 rings (SSSR count). The minimum atomic E-state index is -1.18. The van der Waals surface area contributed by atoms with Crippen molar-refractivity contribution < 1.29 is 23.5 Å². The molecule has 0 aliphatic carbocycles. The predicted octanol–water partition coefficient (Wildman–Crippen LogP) is 6.45. The molecule has 0 radical (unpaired) electrons. The lowest BCUT2D eigenvalue weighted by molar-refractivity contribution is -0.123. The van der Waals surface area contributed by atoms with Crippen molar-refractivity contribution >= 4 is 35.0 Å². The molecule has 9 heteroatoms. The average molecular weight is 543 g/mol. The Kier molecular flexibility index (Phi) is 7.40. The fourth-order valence-corrected chi connectivity index (χ4v) is 4.40. The van der Waals surface area contributed by atoms with Crippen molar-refractivity contribution in [3.05, 3.63) is 88.7 Å². The van der Waals surface area contributed by atoms with Gasteiger partial charge in [-0.15, -0.1) is 0 Å². The average Bonchev–Trinajstić information content (AvgIpc) is 3.03. The standard InChI is InChI=1S/C31H31FN4O4/c1-19-15-25(14-10-21(19)17-33)36-28(38)31(5,6)35(29(36)39)18-22-7-11-23(32)16-26(22)34-24-12-8-20(9-13-24)27(37)40-30(2,3)4/h7-16,34H,18H2,1-6H3. The minimum absolute atomic E-state index is 0.0297. The van der Waals surface area contributed by atoms with Gasteiger partial charge in [0.05, 0.1) is 29.4 Å². The Hall–Kier alpha value is -4.71. The first-order valence-electron chi connectivity index (χ1n) is 12.8. The molecule has 8 nitrogen and oxygen atoms in total. The molecule has 206 valence electrons. The van der Waals surface area contributed by atoms with E-state index in [1.165, 1.54) is 17.0 Å². The highest BCUT2D eigenvalue weighted by Gasteiger charge is 2.52. The lowest BCUT2D eigenvalue weighted by atomic mass is 10.0. The summed E-state index contributed by atoms with van der Waals surface area (Å²) in [6.45, 7) is 10.5. The Morgan fingerprint density at radius 2 is 1.73 bits per heavy atom. The summed E-state index contributed by atoms with van der Waals surface area (Å²) in [4.78, 5) is 41.9. The number of nitriles is 1. The topological polar surface area (TPSA) is 103 Å². The van der Waals surface area contributed by atoms with Gasteiger partial charge < -0.3 is 15.0 Å². The molecule has 3 aromatic rings. The Morgan fingerprint density at radius 3 is 2.33 bits per heavy atom. The fraction of sp³-hybridized carbons (Fsp3) is 0.290. The molecule has 0 saturated carbocycles. The van der Waals surface area contributed by atoms with Crippen LogP contribution in [0, 0.1) is 24.1 Å². The number of ether oxygens (including phenoxy) is 1. The monoisotopic (exact) mass is 542 g/mol. The summed E-state index contributed by atoms with van der Waals surface area (Å²) in [6.07, 6.45) is 0. The largest absolute Gasteiger partial charge is 0.456 e. The highest BCUT2D eigenvalue weighted by Crippen LogP contribution is 2.35. The highest BCUT2D eigenvalue weighted by atomic mass is 19.1. The molecule has 1 fully saturated rings. The van der Waals surface area contributed by atoms with E-state index in [0.29, 0.717) is 39.3 Å². The Morgan fingerprint density at radius 1 is 1.05 bits per heavy atom. The SMILES string of the molecule is Cc1cc(N2C(=O)N(Cc3ccc(F)cc3Nc3ccc(C(=O)OC(C)(C)C)cc3)C(C)(C)C2=O)ccc1C#N. The van der Waals surface area contributed by atoms with Crippen molar-refractivity contribution in [1.29, 1.82) is 5.26 Å². The second-order valence-corrected chi connectivity index (χ2v) is 11.2. The van der Waals surface area contributed by atoms with Crippen LogP contribution in [0.1, 0.15) is 61.7 Å². The van der Waals surface area contributed by atoms with Crippen LogP contribution in [0.15, 0.2) is 60.7 Å². The maximum atomic E-state index is 14.3. The van der Waals surface area contributed by atoms with Gasteiger partial charge >= 0.3 is 12.0 Å². The first kappa shape index (κ1) is 28.3. The number of nitrogens with one attached hydrogen (secondary N) is 1. The van der Waals surface area contributed by atoms with Crippen LogP contribution in [-0.2, 0) is 16.1 Å². The van der Waals surface area contributed by atoms with Gasteiger partial charge in [-0.2, -0.15) is 5.26 Å². The van der Waals surface area contributed by atoms with Gasteiger partial charge in [-0.1, -0.05) is 6.07 Å². The van der Waals surface area contributed by atoms with Gasteiger partial charge in [0, 0.05) is 11.4 Å². The second kappa shape index (κ2) is 10.5. The second-order valence-electron chi connectivity index (χ2n) is 11.2. The van der Waals surface area contributed by atoms with Gasteiger partial charge in [-0.25, -0.2) is 18.9 Å². The molecule has 3 amide bonds. The van der Waals surface area contributed by atoms with Crippen LogP contribution < -0.4 is 10.2 Å². The first-order chi connectivity index (χ1) is 18.7. The summed E-state index contributed by atoms with van der Waals surface area (Å²) in [6, 6.07) is 17.1. The molecule has 1 aliphatic rings. The third-order valence-electron chi connectivity index (χ3n) is 6.61. The maximum absolute atomic E-state index is 14.3. The van der Waals surface area contributed by atoms with Gasteiger partial charge in [0.15, 0.2) is 0 Å². The van der Waals surface area contributed by atoms with E-state index in [9.17, 15) is 24.0 Å². The van der Waals surface area contributed by atoms with Crippen LogP contribution in [0.3, 0.4) is 0 Å². The Labute approximate surface area is 233 Å². The van der Waals surface area contributed by atoms with Crippen molar-refractivity contribution in [1.82, 2.24) is 4.90 Å². The third-order valence-corrected chi connectivity index (χ3v) is 6.61. The lowest BCUT2D eigenvalue weighted by Crippen LogP contribution is -2.43. The molecule has 1 saturated heterocycles. The molecule has 0 atom stereocenters. The number of halogens is 1. The highest BCUT2D eigenvalue weighted by molar-refractivity contribution is 6.23. The number of carbonyl (C=O) groups is 3. The maximum Gasteiger partial charge on any atom is 0.338 e. The predicted molar refractivity (Wildman–Crippen MR) is 150 cm³/mol. The zero-order chi connectivity index (χ0) is 29.4. The molecule has 0 aromatic heterocycles. The van der Waals surface area contributed by atoms with E-state index in [4.69, 9.17) is 4.74 Å². The normalized spacial score (nSPS) is 14.8. The summed E-state index contributed by atoms with van der Waals surface area (Å²) >= 11 is 0. The quantitative estimate of drug-likeness (QED) is 0.284. The van der Waals surface area contributed by atoms with E-state index in [-0.39, 0.29) is 6.54 Å². The van der Waals surface area contributed by atoms with Gasteiger partial charge in [0.2, 0.25) is 0 Å². The molecule has 3 aromatic carbocycles. The number of imide groups is 1. The number of hydrogen-bond donors (Lipinski definition) is 1. The van der Waals surface area contributed by atoms with E-state index in [0.717, 1.165) is 4.90 Å². The molecular formula is C31H31FN4O4. The summed E-state index contributed by atoms with van der Waals surface area (Å²) in [5, 5.41) is 12.4. The van der Waals surface area contributed by atoms with Gasteiger partial charge in [0.1, 0.15) is 17.0 Å². The van der Waals surface area contributed by atoms with Gasteiger partial charge in [-0.05, 0) is 107 Å². The number of anilines is 3. The summed E-state index contributed by atoms with van der Waals surface area (Å²) in [5.74, 6) is -1.34. The van der Waals surface area contributed by atoms with Crippen LogP contribution >= 0.6 is 0 Å². The summed E-state index contributed by atoms with van der Waals surface area (Å²) < 4.78 is 19.7. The molecule has 0 bridgehead atoms. The Bertz CT molecular complexity index is 1530. The zero-order valence-corrected chi connectivity index (χ0v) is 23.3. The molecule has 40 heavy (non-hydrogen) atoms. The van der Waals surface area contributed by atoms with E-state index in [1.807, 2.05) is 0 Å². The van der Waals surface area contributed by atoms with Crippen LogP contribution in [0.25, 0.3) is 0 Å². The van der Waals surface area contributed by atoms with Gasteiger partial charge in [-0.3, -0.25) is 4.79 Å². The van der Waals surface area contributed by atoms with Crippen molar-refractivity contribution in [2.45, 2.75) is 59.2 Å². The molecule has 0 unspecified atom stereocenters. The summed E-state index contributed by atoms with van der Waals surface area (Å²) in [5.41, 5.74) is 1.65. The molecular weight excluding hydrogens is 511 g/mol. The van der Waals surface area contributed by atoms with Crippen molar-refractivity contribution in [2.24, 2.45) is 0 Å². The molecule has 1 heterocycles. The van der Waals surface area contributed by atoms with E-state index >= 15 is 0 Å². The van der Waals surface area contributed by atoms with Crippen LogP contribution in [0.5, 0.6) is 0 Å². The molecule has 1 aliphatic heterocycles. The smallest absolute Gasteiger partial charge is 0.338 e. The number of carbonyl (C=O) groups excluding carboxylic acids is 3. The number of rotatable bonds is 6. The number of amides is 3. The van der Waals surface area contributed by atoms with Crippen LogP contribution in [0.2, 0.25) is 0 Å². The third kappa shape index (κ3) is 5.66. The van der Waals surface area contributed by atoms with E-state index in [1.54, 1.807) is 90.1 Å². The van der Waals surface area contributed by atoms with E-state index < -0.39 is 34.9 Å². The fourth-order valence-electron chi connectivity index (χ4n) is 4.40. The molecule has 1 N–H and O–H groups in total. The van der Waals surface area contributed by atoms with Crippen molar-refractivity contribution in [3.8, 4) is 6.07 Å². The zero-order valence-electron chi connectivity index (χ0n) is 23.3. The number of benzene rings is 3. The number of aryl methyl sites for hydroxylation is 1. The van der Waals surface area contributed by atoms with Crippen molar-refractivity contribution in [2.75, 3.05) is 10.2 Å². The van der Waals surface area contributed by atoms with Crippen LogP contribution in [-0.4, -0.2) is 33.9 Å². The first-order valence-corrected chi connectivity index (χ1v) is 12.8. The number of hydrogen-bond acceptors (Lipinski definition) is 6. The van der Waals surface area contributed by atoms with Crippen LogP contribution in [0.4, 0.5) is 26.2 Å². The number of esters is 1. The van der Waals surface area contributed by atoms with E-state index in [2.05, 4.69) is 11.4 Å². The minimum Gasteiger partial charge on any atom is -0.456 e. The summed E-state index contributed by atoms with van der Waals surface area (Å²) in [7, 11) is 0. The van der Waals surface area contributed by atoms with Crippen molar-refractivity contribution in [3.63, 3.8) is 0 Å². The lowest BCUT2D eigenvalue weighted by Gasteiger charge is -2.28. The number of nitrogens with zero attached hydrogens (tertiary/aromatic N) is 3. The number of urea groups is 1.